The van der Waals surface area contributed by atoms with Gasteiger partial charge in [0.1, 0.15) is 13.2 Å². The van der Waals surface area contributed by atoms with Crippen molar-refractivity contribution >= 4 is 35.0 Å². The number of carboxylic acids is 2. The van der Waals surface area contributed by atoms with Gasteiger partial charge in [-0.2, -0.15) is 0 Å². The van der Waals surface area contributed by atoms with E-state index in [1.54, 1.807) is 17.5 Å². The quantitative estimate of drug-likeness (QED) is 0.118. The summed E-state index contributed by atoms with van der Waals surface area (Å²) in [6, 6.07) is 17.7. The zero-order chi connectivity index (χ0) is 30.6. The van der Waals surface area contributed by atoms with Gasteiger partial charge in [0.15, 0.2) is 11.5 Å². The van der Waals surface area contributed by atoms with Gasteiger partial charge in [-0.3, -0.25) is 9.97 Å². The predicted octanol–water partition coefficient (Wildman–Crippen LogP) is 7.66. The molecule has 2 N–H and O–H groups in total. The lowest BCUT2D eigenvalue weighted by Gasteiger charge is -2.17. The second-order valence-corrected chi connectivity index (χ2v) is 12.1. The summed E-state index contributed by atoms with van der Waals surface area (Å²) in [5, 5.41) is 19.2. The highest BCUT2D eigenvalue weighted by molar-refractivity contribution is 7.99. The molecule has 0 amide bonds. The number of hydrogen-bond acceptors (Lipinski definition) is 9. The third-order valence-electron chi connectivity index (χ3n) is 6.91. The van der Waals surface area contributed by atoms with Crippen LogP contribution in [0.25, 0.3) is 43.7 Å². The molecule has 0 saturated heterocycles. The number of ether oxygens (including phenoxy) is 2. The van der Waals surface area contributed by atoms with Crippen LogP contribution in [-0.2, 0) is 0 Å². The van der Waals surface area contributed by atoms with E-state index < -0.39 is 11.9 Å². The number of pyridine rings is 3. The van der Waals surface area contributed by atoms with Crippen LogP contribution in [0.15, 0.2) is 78.0 Å². The van der Waals surface area contributed by atoms with Crippen LogP contribution in [-0.4, -0.2) is 56.1 Å². The Balaban J connectivity index is 1.39. The first-order valence-corrected chi connectivity index (χ1v) is 15.8. The molecule has 5 heterocycles. The van der Waals surface area contributed by atoms with Crippen LogP contribution in [0.3, 0.4) is 0 Å². The Labute approximate surface area is 261 Å². The molecule has 1 aliphatic rings. The molecule has 0 unspecified atom stereocenters. The van der Waals surface area contributed by atoms with Crippen molar-refractivity contribution < 1.29 is 29.3 Å². The summed E-state index contributed by atoms with van der Waals surface area (Å²) in [5.74, 6) is 0.185. The molecule has 0 radical (unpaired) electrons. The van der Waals surface area contributed by atoms with Crippen LogP contribution in [0.4, 0.5) is 0 Å². The van der Waals surface area contributed by atoms with Crippen LogP contribution in [0.2, 0.25) is 0 Å². The topological polar surface area (TPSA) is 132 Å². The number of nitrogens with zero attached hydrogens (tertiary/aromatic N) is 3. The first kappa shape index (κ1) is 29.3. The monoisotopic (exact) mass is 625 g/mol. The van der Waals surface area contributed by atoms with Gasteiger partial charge < -0.3 is 19.7 Å². The van der Waals surface area contributed by atoms with E-state index in [0.717, 1.165) is 26.6 Å². The van der Waals surface area contributed by atoms with Crippen molar-refractivity contribution in [3.63, 3.8) is 0 Å². The molecule has 0 saturated carbocycles. The molecule has 5 aromatic rings. The zero-order valence-corrected chi connectivity index (χ0v) is 25.3. The summed E-state index contributed by atoms with van der Waals surface area (Å²) in [6.45, 7) is 3.07. The lowest BCUT2D eigenvalue weighted by atomic mass is 10.1. The van der Waals surface area contributed by atoms with Crippen LogP contribution in [0.1, 0.15) is 40.5 Å². The number of carboxylic acid groups (broad SMARTS) is 2. The van der Waals surface area contributed by atoms with Gasteiger partial charge >= 0.3 is 11.9 Å². The number of benzene rings is 1. The van der Waals surface area contributed by atoms with E-state index in [0.29, 0.717) is 36.1 Å². The number of aromatic carboxylic acids is 2. The van der Waals surface area contributed by atoms with Gasteiger partial charge in [0, 0.05) is 17.3 Å². The van der Waals surface area contributed by atoms with E-state index in [1.807, 2.05) is 23.9 Å². The predicted molar refractivity (Wildman–Crippen MR) is 170 cm³/mol. The minimum Gasteiger partial charge on any atom is -0.485 e. The number of thiophene rings is 1. The van der Waals surface area contributed by atoms with Crippen molar-refractivity contribution in [2.45, 2.75) is 24.7 Å². The Morgan fingerprint density at radius 3 is 2.00 bits per heavy atom. The second-order valence-electron chi connectivity index (χ2n) is 9.94. The fraction of sp³-hybridized carbons (Fsp3) is 0.182. The second kappa shape index (κ2) is 12.9. The first-order valence-electron chi connectivity index (χ1n) is 14.0. The summed E-state index contributed by atoms with van der Waals surface area (Å²) in [4.78, 5) is 39.9. The number of carbonyl (C=O) groups is 2. The van der Waals surface area contributed by atoms with Crippen molar-refractivity contribution in [2.75, 3.05) is 19.0 Å². The van der Waals surface area contributed by atoms with Crippen molar-refractivity contribution in [2.24, 2.45) is 0 Å². The fourth-order valence-electron chi connectivity index (χ4n) is 4.70. The van der Waals surface area contributed by atoms with Crippen molar-refractivity contribution in [1.29, 1.82) is 0 Å². The van der Waals surface area contributed by atoms with E-state index in [9.17, 15) is 19.8 Å². The number of unbranched alkanes of at least 4 members (excludes halogenated alkanes) is 1. The lowest BCUT2D eigenvalue weighted by Crippen LogP contribution is -2.14. The maximum atomic E-state index is 12.0. The molecule has 4 aromatic heterocycles. The smallest absolute Gasteiger partial charge is 0.335 e. The van der Waals surface area contributed by atoms with Crippen molar-refractivity contribution in [1.82, 2.24) is 15.0 Å². The molecule has 11 heteroatoms. The highest BCUT2D eigenvalue weighted by Gasteiger charge is 2.27. The summed E-state index contributed by atoms with van der Waals surface area (Å²) < 4.78 is 12.2. The Morgan fingerprint density at radius 2 is 1.36 bits per heavy atom. The van der Waals surface area contributed by atoms with Gasteiger partial charge in [0.05, 0.1) is 43.7 Å². The first-order chi connectivity index (χ1) is 21.4. The zero-order valence-electron chi connectivity index (χ0n) is 23.6. The van der Waals surface area contributed by atoms with Crippen LogP contribution >= 0.6 is 23.1 Å². The van der Waals surface area contributed by atoms with E-state index in [1.165, 1.54) is 48.2 Å². The average molecular weight is 626 g/mol. The molecule has 44 heavy (non-hydrogen) atoms. The number of hydrogen-bond donors (Lipinski definition) is 2. The van der Waals surface area contributed by atoms with Crippen molar-refractivity contribution in [3.05, 3.63) is 84.2 Å². The summed E-state index contributed by atoms with van der Waals surface area (Å²) in [5.41, 5.74) is 3.05. The minimum absolute atomic E-state index is 0.0181. The summed E-state index contributed by atoms with van der Waals surface area (Å²) in [7, 11) is 0. The summed E-state index contributed by atoms with van der Waals surface area (Å²) in [6.07, 6.45) is 5.34. The molecular weight excluding hydrogens is 599 g/mol. The molecule has 0 fully saturated rings. The van der Waals surface area contributed by atoms with Gasteiger partial charge in [-0.15, -0.1) is 23.1 Å². The Morgan fingerprint density at radius 1 is 0.773 bits per heavy atom. The largest absolute Gasteiger partial charge is 0.485 e. The van der Waals surface area contributed by atoms with Gasteiger partial charge in [0.2, 0.25) is 0 Å². The van der Waals surface area contributed by atoms with Crippen LogP contribution < -0.4 is 9.47 Å². The van der Waals surface area contributed by atoms with E-state index in [4.69, 9.17) is 9.47 Å². The number of rotatable bonds is 10. The number of aromatic nitrogens is 3. The van der Waals surface area contributed by atoms with E-state index in [2.05, 4.69) is 46.1 Å². The number of thioether (sulfide) groups is 1. The maximum absolute atomic E-state index is 12.0. The summed E-state index contributed by atoms with van der Waals surface area (Å²) >= 11 is 3.41. The van der Waals surface area contributed by atoms with E-state index in [-0.39, 0.29) is 22.5 Å². The van der Waals surface area contributed by atoms with Gasteiger partial charge in [-0.05, 0) is 71.8 Å². The Hall–Kier alpha value is -4.74. The van der Waals surface area contributed by atoms with Crippen LogP contribution in [0.5, 0.6) is 11.5 Å². The van der Waals surface area contributed by atoms with Gasteiger partial charge in [0.25, 0.3) is 0 Å². The molecular formula is C33H27N3O6S2. The molecule has 0 aliphatic carbocycles. The maximum Gasteiger partial charge on any atom is 0.335 e. The SMILES string of the molecule is CCCCSc1ccc(-c2sc(-c3ccnc(-c4cc(C(=O)O)cc(-c5cc(C(=O)O)ccn5)n4)c3)c3c2OCCO3)cc1. The van der Waals surface area contributed by atoms with Gasteiger partial charge in [-0.1, -0.05) is 25.5 Å². The normalized spacial score (nSPS) is 12.2. The third-order valence-corrected chi connectivity index (χ3v) is 9.26. The third kappa shape index (κ3) is 6.15. The molecule has 0 atom stereocenters. The van der Waals surface area contributed by atoms with Crippen LogP contribution in [0, 0.1) is 0 Å². The highest BCUT2D eigenvalue weighted by atomic mass is 32.2. The molecule has 1 aromatic carbocycles. The lowest BCUT2D eigenvalue weighted by molar-refractivity contribution is 0.0686. The fourth-order valence-corrected chi connectivity index (χ4v) is 6.89. The molecule has 0 spiro atoms. The molecule has 6 rings (SSSR count). The molecule has 222 valence electrons. The highest BCUT2D eigenvalue weighted by Crippen LogP contribution is 2.53. The standard InChI is InChI=1S/C33H27N3O6S2/c1-2-3-14-43-23-6-4-19(5-7-23)30-28-29(42-13-12-41-28)31(44-30)20-8-10-34-24(15-20)26-17-22(33(39)40)18-27(36-26)25-16-21(32(37)38)9-11-35-25/h4-11,15-18H,2-3,12-14H2,1H3,(H,37,38)(H,39,40). The van der Waals surface area contributed by atoms with Gasteiger partial charge in [-0.25, -0.2) is 14.6 Å². The Kier molecular flexibility index (Phi) is 8.58. The molecule has 1 aliphatic heterocycles. The number of fused-ring (bicyclic) bond motifs is 1. The molecule has 9 nitrogen and oxygen atoms in total. The van der Waals surface area contributed by atoms with E-state index >= 15 is 0 Å². The Bertz CT molecular complexity index is 1860. The molecule has 0 bridgehead atoms. The van der Waals surface area contributed by atoms with Crippen molar-refractivity contribution in [3.8, 4) is 55.2 Å². The minimum atomic E-state index is -1.15. The average Bonchev–Trinajstić information content (AvgIpc) is 3.45.